The van der Waals surface area contributed by atoms with E-state index in [0.717, 1.165) is 21.5 Å². The minimum Gasteiger partial charge on any atom is -0.497 e. The van der Waals surface area contributed by atoms with Crippen LogP contribution < -0.4 is 15.2 Å². The first-order chi connectivity index (χ1) is 9.81. The van der Waals surface area contributed by atoms with Crippen LogP contribution in [0.5, 0.6) is 17.4 Å². The first-order valence-electron chi connectivity index (χ1n) is 6.58. The van der Waals surface area contributed by atoms with Gasteiger partial charge in [0.1, 0.15) is 11.5 Å². The molecule has 0 unspecified atom stereocenters. The van der Waals surface area contributed by atoms with Crippen LogP contribution in [0.2, 0.25) is 0 Å². The second-order valence-electron chi connectivity index (χ2n) is 5.76. The molecule has 0 fully saturated rings. The van der Waals surface area contributed by atoms with Gasteiger partial charge >= 0.3 is 0 Å². The van der Waals surface area contributed by atoms with Crippen LogP contribution in [-0.4, -0.2) is 12.1 Å². The van der Waals surface area contributed by atoms with Gasteiger partial charge < -0.3 is 15.2 Å². The van der Waals surface area contributed by atoms with Crippen molar-refractivity contribution in [2.45, 2.75) is 26.2 Å². The minimum absolute atomic E-state index is 0.0893. The van der Waals surface area contributed by atoms with Gasteiger partial charge in [0.2, 0.25) is 5.88 Å². The number of rotatable bonds is 3. The monoisotopic (exact) mass is 350 g/mol. The SMILES string of the molecule is COc1ccc(Oc2ncc(Br)cc2N)c(C(C)(C)C)c1. The number of benzene rings is 1. The lowest BCUT2D eigenvalue weighted by atomic mass is 9.86. The van der Waals surface area contributed by atoms with Gasteiger partial charge in [-0.05, 0) is 45.6 Å². The van der Waals surface area contributed by atoms with Crippen LogP contribution in [0.15, 0.2) is 34.9 Å². The van der Waals surface area contributed by atoms with Gasteiger partial charge in [0.25, 0.3) is 0 Å². The third-order valence-electron chi connectivity index (χ3n) is 3.05. The lowest BCUT2D eigenvalue weighted by molar-refractivity contribution is 0.405. The van der Waals surface area contributed by atoms with Crippen molar-refractivity contribution in [3.63, 3.8) is 0 Å². The number of ether oxygens (including phenoxy) is 2. The lowest BCUT2D eigenvalue weighted by Crippen LogP contribution is -2.13. The molecule has 2 N–H and O–H groups in total. The molecule has 1 heterocycles. The molecule has 4 nitrogen and oxygen atoms in total. The van der Waals surface area contributed by atoms with Crippen LogP contribution in [0, 0.1) is 0 Å². The summed E-state index contributed by atoms with van der Waals surface area (Å²) in [5, 5.41) is 0. The molecule has 0 amide bonds. The molecule has 0 aliphatic heterocycles. The zero-order valence-corrected chi connectivity index (χ0v) is 14.2. The van der Waals surface area contributed by atoms with Crippen molar-refractivity contribution in [2.75, 3.05) is 12.8 Å². The van der Waals surface area contributed by atoms with E-state index in [-0.39, 0.29) is 5.41 Å². The third-order valence-corrected chi connectivity index (χ3v) is 3.48. The molecule has 0 saturated carbocycles. The Balaban J connectivity index is 2.44. The van der Waals surface area contributed by atoms with E-state index in [1.807, 2.05) is 18.2 Å². The quantitative estimate of drug-likeness (QED) is 0.883. The summed E-state index contributed by atoms with van der Waals surface area (Å²) in [5.41, 5.74) is 7.37. The van der Waals surface area contributed by atoms with Gasteiger partial charge in [-0.25, -0.2) is 4.98 Å². The summed E-state index contributed by atoms with van der Waals surface area (Å²) in [4.78, 5) is 4.21. The average molecular weight is 351 g/mol. The third kappa shape index (κ3) is 3.67. The molecule has 0 atom stereocenters. The molecule has 0 aliphatic carbocycles. The van der Waals surface area contributed by atoms with Gasteiger partial charge in [-0.1, -0.05) is 20.8 Å². The number of halogens is 1. The van der Waals surface area contributed by atoms with Crippen LogP contribution in [0.1, 0.15) is 26.3 Å². The summed E-state index contributed by atoms with van der Waals surface area (Å²) in [6.45, 7) is 6.35. The van der Waals surface area contributed by atoms with Gasteiger partial charge in [-0.3, -0.25) is 0 Å². The predicted molar refractivity (Wildman–Crippen MR) is 88.1 cm³/mol. The number of methoxy groups -OCH3 is 1. The normalized spacial score (nSPS) is 11.3. The summed E-state index contributed by atoms with van der Waals surface area (Å²) < 4.78 is 12.0. The summed E-state index contributed by atoms with van der Waals surface area (Å²) >= 11 is 3.33. The second kappa shape index (κ2) is 5.93. The number of aromatic nitrogens is 1. The van der Waals surface area contributed by atoms with Crippen molar-refractivity contribution < 1.29 is 9.47 Å². The largest absolute Gasteiger partial charge is 0.497 e. The van der Waals surface area contributed by atoms with Gasteiger partial charge in [0.05, 0.1) is 12.8 Å². The van der Waals surface area contributed by atoms with Crippen molar-refractivity contribution in [3.05, 3.63) is 40.5 Å². The minimum atomic E-state index is -0.0893. The highest BCUT2D eigenvalue weighted by Crippen LogP contribution is 2.37. The number of hydrogen-bond donors (Lipinski definition) is 1. The fourth-order valence-corrected chi connectivity index (χ4v) is 2.29. The Labute approximate surface area is 133 Å². The second-order valence-corrected chi connectivity index (χ2v) is 6.68. The predicted octanol–water partition coefficient (Wildman–Crippen LogP) is 4.52. The number of nitrogen functional groups attached to an aromatic ring is 1. The van der Waals surface area contributed by atoms with Crippen LogP contribution >= 0.6 is 15.9 Å². The van der Waals surface area contributed by atoms with E-state index in [2.05, 4.69) is 41.7 Å². The smallest absolute Gasteiger partial charge is 0.242 e. The van der Waals surface area contributed by atoms with Crippen molar-refractivity contribution >= 4 is 21.6 Å². The van der Waals surface area contributed by atoms with E-state index in [9.17, 15) is 0 Å². The highest BCUT2D eigenvalue weighted by Gasteiger charge is 2.21. The zero-order chi connectivity index (χ0) is 15.6. The van der Waals surface area contributed by atoms with Crippen molar-refractivity contribution in [1.82, 2.24) is 4.98 Å². The molecule has 2 aromatic rings. The molecule has 5 heteroatoms. The van der Waals surface area contributed by atoms with Crippen LogP contribution in [0.25, 0.3) is 0 Å². The Hall–Kier alpha value is -1.75. The van der Waals surface area contributed by atoms with Gasteiger partial charge in [-0.15, -0.1) is 0 Å². The Morgan fingerprint density at radius 2 is 1.90 bits per heavy atom. The maximum atomic E-state index is 5.94. The maximum Gasteiger partial charge on any atom is 0.242 e. The number of hydrogen-bond acceptors (Lipinski definition) is 4. The summed E-state index contributed by atoms with van der Waals surface area (Å²) in [5.74, 6) is 1.92. The molecule has 0 spiro atoms. The number of nitrogens with zero attached hydrogens (tertiary/aromatic N) is 1. The van der Waals surface area contributed by atoms with Crippen molar-refractivity contribution in [1.29, 1.82) is 0 Å². The maximum absolute atomic E-state index is 5.94. The van der Waals surface area contributed by atoms with Crippen LogP contribution in [0.4, 0.5) is 5.69 Å². The Bertz CT molecular complexity index is 651. The van der Waals surface area contributed by atoms with E-state index in [1.165, 1.54) is 0 Å². The van der Waals surface area contributed by atoms with E-state index in [4.69, 9.17) is 15.2 Å². The molecular weight excluding hydrogens is 332 g/mol. The first kappa shape index (κ1) is 15.6. The summed E-state index contributed by atoms with van der Waals surface area (Å²) in [6, 6.07) is 7.48. The van der Waals surface area contributed by atoms with E-state index < -0.39 is 0 Å². The Morgan fingerprint density at radius 3 is 2.48 bits per heavy atom. The molecule has 112 valence electrons. The fourth-order valence-electron chi connectivity index (χ4n) is 1.94. The topological polar surface area (TPSA) is 57.4 Å². The van der Waals surface area contributed by atoms with E-state index >= 15 is 0 Å². The van der Waals surface area contributed by atoms with Crippen molar-refractivity contribution in [2.24, 2.45) is 0 Å². The number of nitrogens with two attached hydrogens (primary N) is 1. The van der Waals surface area contributed by atoms with E-state index in [0.29, 0.717) is 11.6 Å². The standard InChI is InChI=1S/C16H19BrN2O2/c1-16(2,3)12-8-11(20-4)5-6-14(12)21-15-13(18)7-10(17)9-19-15/h5-9H,18H2,1-4H3. The molecule has 1 aromatic carbocycles. The Kier molecular flexibility index (Phi) is 4.42. The first-order valence-corrected chi connectivity index (χ1v) is 7.38. The lowest BCUT2D eigenvalue weighted by Gasteiger charge is -2.23. The molecule has 0 aliphatic rings. The molecule has 1 aromatic heterocycles. The highest BCUT2D eigenvalue weighted by atomic mass is 79.9. The van der Waals surface area contributed by atoms with Crippen LogP contribution in [0.3, 0.4) is 0 Å². The number of pyridine rings is 1. The zero-order valence-electron chi connectivity index (χ0n) is 12.6. The Morgan fingerprint density at radius 1 is 1.19 bits per heavy atom. The average Bonchev–Trinajstić information content (AvgIpc) is 2.41. The molecule has 0 saturated heterocycles. The molecular formula is C16H19BrN2O2. The molecule has 0 radical (unpaired) electrons. The van der Waals surface area contributed by atoms with Crippen molar-refractivity contribution in [3.8, 4) is 17.4 Å². The van der Waals surface area contributed by atoms with Gasteiger partial charge in [-0.2, -0.15) is 0 Å². The highest BCUT2D eigenvalue weighted by molar-refractivity contribution is 9.10. The molecule has 0 bridgehead atoms. The van der Waals surface area contributed by atoms with E-state index in [1.54, 1.807) is 19.4 Å². The fraction of sp³-hybridized carbons (Fsp3) is 0.312. The molecule has 2 rings (SSSR count). The van der Waals surface area contributed by atoms with Crippen LogP contribution in [-0.2, 0) is 5.41 Å². The van der Waals surface area contributed by atoms with Gasteiger partial charge in [0.15, 0.2) is 0 Å². The summed E-state index contributed by atoms with van der Waals surface area (Å²) in [7, 11) is 1.65. The number of anilines is 1. The summed E-state index contributed by atoms with van der Waals surface area (Å²) in [6.07, 6.45) is 1.66. The molecule has 21 heavy (non-hydrogen) atoms. The van der Waals surface area contributed by atoms with Gasteiger partial charge in [0, 0.05) is 16.2 Å².